The lowest BCUT2D eigenvalue weighted by Crippen LogP contribution is -2.42. The third-order valence-corrected chi connectivity index (χ3v) is 5.79. The minimum absolute atomic E-state index is 0.0121. The number of pyridine rings is 1. The number of likely N-dealkylation sites (N-methyl/N-ethyl adjacent to an activating group) is 1. The molecule has 158 valence electrons. The molecule has 6 nitrogen and oxygen atoms in total. The van der Waals surface area contributed by atoms with Crippen LogP contribution in [0.5, 0.6) is 0 Å². The van der Waals surface area contributed by atoms with E-state index < -0.39 is 35.0 Å². The fourth-order valence-electron chi connectivity index (χ4n) is 4.24. The minimum atomic E-state index is -1.12. The highest BCUT2D eigenvalue weighted by Gasteiger charge is 2.31. The van der Waals surface area contributed by atoms with Crippen LogP contribution in [0.3, 0.4) is 0 Å². The molecule has 0 spiro atoms. The van der Waals surface area contributed by atoms with Gasteiger partial charge in [0.05, 0.1) is 11.4 Å². The zero-order valence-electron chi connectivity index (χ0n) is 16.4. The first-order valence-corrected chi connectivity index (χ1v) is 9.64. The van der Waals surface area contributed by atoms with Crippen LogP contribution in [-0.4, -0.2) is 34.4 Å². The molecule has 0 radical (unpaired) electrons. The summed E-state index contributed by atoms with van der Waals surface area (Å²) in [5.74, 6) is -3.04. The van der Waals surface area contributed by atoms with Gasteiger partial charge in [-0.25, -0.2) is 13.2 Å². The van der Waals surface area contributed by atoms with E-state index in [0.29, 0.717) is 35.2 Å². The highest BCUT2D eigenvalue weighted by Crippen LogP contribution is 2.33. The molecule has 3 heterocycles. The summed E-state index contributed by atoms with van der Waals surface area (Å²) >= 11 is 0. The fraction of sp³-hybridized carbons (Fsp3) is 0.182. The molecule has 4 aromatic rings. The Balaban J connectivity index is 1.62. The second-order valence-corrected chi connectivity index (χ2v) is 7.61. The van der Waals surface area contributed by atoms with Crippen LogP contribution < -0.4 is 10.9 Å². The summed E-state index contributed by atoms with van der Waals surface area (Å²) in [6, 6.07) is 7.26. The number of aromatic amines is 2. The van der Waals surface area contributed by atoms with Crippen LogP contribution in [0.1, 0.15) is 27.8 Å². The number of halogens is 3. The second-order valence-electron chi connectivity index (χ2n) is 7.61. The van der Waals surface area contributed by atoms with Crippen molar-refractivity contribution in [2.75, 3.05) is 13.6 Å². The van der Waals surface area contributed by atoms with Crippen molar-refractivity contribution >= 4 is 27.6 Å². The van der Waals surface area contributed by atoms with Crippen LogP contribution in [-0.2, 0) is 6.54 Å². The largest absolute Gasteiger partial charge is 0.350 e. The molecule has 0 unspecified atom stereocenters. The average Bonchev–Trinajstić information content (AvgIpc) is 3.19. The molecule has 2 aromatic heterocycles. The van der Waals surface area contributed by atoms with Crippen molar-refractivity contribution < 1.29 is 18.0 Å². The first kappa shape index (κ1) is 19.4. The van der Waals surface area contributed by atoms with Crippen molar-refractivity contribution in [1.29, 1.82) is 0 Å². The Kier molecular flexibility index (Phi) is 4.37. The molecule has 1 atom stereocenters. The van der Waals surface area contributed by atoms with E-state index in [2.05, 4.69) is 15.3 Å². The van der Waals surface area contributed by atoms with Gasteiger partial charge in [-0.15, -0.1) is 0 Å². The summed E-state index contributed by atoms with van der Waals surface area (Å²) < 4.78 is 41.8. The number of hydrogen-bond acceptors (Lipinski definition) is 3. The zero-order chi connectivity index (χ0) is 21.9. The molecule has 31 heavy (non-hydrogen) atoms. The van der Waals surface area contributed by atoms with Gasteiger partial charge in [-0.3, -0.25) is 9.59 Å². The van der Waals surface area contributed by atoms with E-state index in [1.807, 2.05) is 0 Å². The topological polar surface area (TPSA) is 81.0 Å². The minimum Gasteiger partial charge on any atom is -0.350 e. The number of carbonyl (C=O) groups is 1. The van der Waals surface area contributed by atoms with Crippen LogP contribution in [0.25, 0.3) is 21.7 Å². The van der Waals surface area contributed by atoms with Crippen LogP contribution in [0.15, 0.2) is 41.2 Å². The van der Waals surface area contributed by atoms with E-state index >= 15 is 0 Å². The maximum Gasteiger partial charge on any atom is 0.270 e. The Morgan fingerprint density at radius 2 is 1.74 bits per heavy atom. The Morgan fingerprint density at radius 3 is 2.48 bits per heavy atom. The summed E-state index contributed by atoms with van der Waals surface area (Å²) in [7, 11) is 1.57. The Labute approximate surface area is 173 Å². The van der Waals surface area contributed by atoms with E-state index in [1.165, 1.54) is 17.0 Å². The number of rotatable bonds is 2. The summed E-state index contributed by atoms with van der Waals surface area (Å²) in [6.45, 7) is 0.652. The molecule has 0 bridgehead atoms. The number of aromatic nitrogens is 2. The van der Waals surface area contributed by atoms with Crippen molar-refractivity contribution in [3.8, 4) is 0 Å². The molecule has 0 saturated carbocycles. The molecule has 1 amide bonds. The van der Waals surface area contributed by atoms with Crippen molar-refractivity contribution in [3.63, 3.8) is 0 Å². The molecule has 3 N–H and O–H groups in total. The molecule has 0 saturated heterocycles. The number of carbonyl (C=O) groups excluding carboxylic acids is 1. The van der Waals surface area contributed by atoms with E-state index in [9.17, 15) is 22.8 Å². The van der Waals surface area contributed by atoms with Crippen LogP contribution in [0.2, 0.25) is 0 Å². The van der Waals surface area contributed by atoms with Crippen molar-refractivity contribution in [2.45, 2.75) is 12.6 Å². The lowest BCUT2D eigenvalue weighted by molar-refractivity contribution is 0.0718. The van der Waals surface area contributed by atoms with Gasteiger partial charge in [0.25, 0.3) is 11.5 Å². The third-order valence-electron chi connectivity index (χ3n) is 5.79. The van der Waals surface area contributed by atoms with Gasteiger partial charge < -0.3 is 20.2 Å². The smallest absolute Gasteiger partial charge is 0.270 e. The number of benzene rings is 2. The predicted molar refractivity (Wildman–Crippen MR) is 109 cm³/mol. The van der Waals surface area contributed by atoms with Crippen molar-refractivity contribution in [2.24, 2.45) is 0 Å². The molecular weight excluding hydrogens is 409 g/mol. The first-order chi connectivity index (χ1) is 14.8. The van der Waals surface area contributed by atoms with Gasteiger partial charge in [0.1, 0.15) is 11.5 Å². The summed E-state index contributed by atoms with van der Waals surface area (Å²) in [5, 5.41) is 3.70. The van der Waals surface area contributed by atoms with E-state index in [-0.39, 0.29) is 16.5 Å². The van der Waals surface area contributed by atoms with Gasteiger partial charge in [-0.05, 0) is 35.7 Å². The summed E-state index contributed by atoms with van der Waals surface area (Å²) in [4.78, 5) is 32.6. The molecule has 1 aliphatic rings. The number of nitrogens with one attached hydrogen (secondary N) is 3. The summed E-state index contributed by atoms with van der Waals surface area (Å²) in [5.41, 5.74) is 1.20. The van der Waals surface area contributed by atoms with Gasteiger partial charge in [0.2, 0.25) is 0 Å². The van der Waals surface area contributed by atoms with E-state index in [4.69, 9.17) is 0 Å². The average molecular weight is 426 g/mol. The summed E-state index contributed by atoms with van der Waals surface area (Å²) in [6.07, 6.45) is 0. The fourth-order valence-corrected chi connectivity index (χ4v) is 4.24. The standard InChI is InChI=1S/C22H17F3N4O2/c1-29(22(31)17-7-12-13(23)3-2-4-16(12)27-17)19-9-26-8-18-20(19)10-5-14(24)15(25)6-11(10)21(30)28-18/h2-7,19,26-27H,8-9H2,1H3,(H,28,30)/t19-/m0/s1. The highest BCUT2D eigenvalue weighted by molar-refractivity contribution is 5.98. The first-order valence-electron chi connectivity index (χ1n) is 9.64. The quantitative estimate of drug-likeness (QED) is 0.460. The predicted octanol–water partition coefficient (Wildman–Crippen LogP) is 3.34. The van der Waals surface area contributed by atoms with Gasteiger partial charge >= 0.3 is 0 Å². The van der Waals surface area contributed by atoms with Crippen molar-refractivity contribution in [1.82, 2.24) is 20.2 Å². The zero-order valence-corrected chi connectivity index (χ0v) is 16.4. The Morgan fingerprint density at radius 1 is 1.00 bits per heavy atom. The van der Waals surface area contributed by atoms with E-state index in [0.717, 1.165) is 12.1 Å². The van der Waals surface area contributed by atoms with Crippen LogP contribution in [0, 0.1) is 17.5 Å². The lowest BCUT2D eigenvalue weighted by Gasteiger charge is -2.34. The number of fused-ring (bicyclic) bond motifs is 4. The normalized spacial score (nSPS) is 15.9. The molecule has 0 fully saturated rings. The van der Waals surface area contributed by atoms with Gasteiger partial charge in [-0.1, -0.05) is 6.07 Å². The Bertz CT molecular complexity index is 1430. The maximum absolute atomic E-state index is 14.0. The van der Waals surface area contributed by atoms with Crippen molar-refractivity contribution in [3.05, 3.63) is 81.2 Å². The van der Waals surface area contributed by atoms with Gasteiger partial charge in [0.15, 0.2) is 11.6 Å². The number of nitrogens with zero attached hydrogens (tertiary/aromatic N) is 1. The monoisotopic (exact) mass is 426 g/mol. The van der Waals surface area contributed by atoms with Gasteiger partial charge in [0, 0.05) is 42.3 Å². The lowest BCUT2D eigenvalue weighted by atomic mass is 9.93. The van der Waals surface area contributed by atoms with E-state index in [1.54, 1.807) is 19.2 Å². The molecule has 0 aliphatic carbocycles. The SMILES string of the molecule is CN(C(=O)c1cc2c(F)cccc2[nH]1)[C@H]1CNCc2[nH]c(=O)c3cc(F)c(F)cc3c21. The molecule has 9 heteroatoms. The third kappa shape index (κ3) is 3.00. The highest BCUT2D eigenvalue weighted by atomic mass is 19.2. The van der Waals surface area contributed by atoms with Crippen LogP contribution >= 0.6 is 0 Å². The number of H-pyrrole nitrogens is 2. The molecule has 2 aromatic carbocycles. The van der Waals surface area contributed by atoms with Gasteiger partial charge in [-0.2, -0.15) is 0 Å². The number of hydrogen-bond donors (Lipinski definition) is 3. The maximum atomic E-state index is 14.0. The second kappa shape index (κ2) is 6.98. The molecule has 1 aliphatic heterocycles. The Hall–Kier alpha value is -3.59. The van der Waals surface area contributed by atoms with Crippen LogP contribution in [0.4, 0.5) is 13.2 Å². The number of amides is 1. The molecule has 5 rings (SSSR count). The molecular formula is C22H17F3N4O2.